The van der Waals surface area contributed by atoms with Gasteiger partial charge < -0.3 is 19.7 Å². The van der Waals surface area contributed by atoms with Crippen LogP contribution in [0.1, 0.15) is 12.5 Å². The quantitative estimate of drug-likeness (QED) is 0.447. The van der Waals surface area contributed by atoms with Gasteiger partial charge in [-0.25, -0.2) is 4.79 Å². The normalized spacial score (nSPS) is 19.9. The monoisotopic (exact) mass is 358 g/mol. The minimum absolute atomic E-state index is 0.128. The van der Waals surface area contributed by atoms with Crippen molar-refractivity contribution in [1.82, 2.24) is 10.2 Å². The summed E-state index contributed by atoms with van der Waals surface area (Å²) in [6.07, 6.45) is 5.01. The summed E-state index contributed by atoms with van der Waals surface area (Å²) in [6.45, 7) is 1.54. The Morgan fingerprint density at radius 2 is 1.88 bits per heavy atom. The van der Waals surface area contributed by atoms with Crippen molar-refractivity contribution in [1.29, 1.82) is 0 Å². The standard InChI is InChI=1S/C19H22N2O5/c1-13(11-16(22)25-2)20-18-15(10-9-14-7-5-4-6-8-14)21(19(18)24)12-17(23)26-3/h4-11,15,18,20H,12H2,1-3H3/b10-9+,13-11+/t15-,18+/m1/s1. The molecule has 0 aliphatic carbocycles. The van der Waals surface area contributed by atoms with Gasteiger partial charge in [0.1, 0.15) is 12.6 Å². The van der Waals surface area contributed by atoms with Crippen LogP contribution in [0, 0.1) is 0 Å². The highest BCUT2D eigenvalue weighted by Gasteiger charge is 2.46. The molecule has 1 heterocycles. The number of nitrogens with zero attached hydrogens (tertiary/aromatic N) is 1. The SMILES string of the molecule is COC(=O)/C=C(\C)N[C@@H]1C(=O)N(CC(=O)OC)[C@@H]1/C=C/c1ccccc1. The van der Waals surface area contributed by atoms with E-state index in [0.29, 0.717) is 5.70 Å². The van der Waals surface area contributed by atoms with Gasteiger partial charge >= 0.3 is 11.9 Å². The van der Waals surface area contributed by atoms with Crippen LogP contribution in [0.5, 0.6) is 0 Å². The van der Waals surface area contributed by atoms with Gasteiger partial charge in [-0.1, -0.05) is 42.5 Å². The molecule has 1 aliphatic heterocycles. The van der Waals surface area contributed by atoms with Crippen molar-refractivity contribution in [2.24, 2.45) is 0 Å². The van der Waals surface area contributed by atoms with Crippen molar-refractivity contribution >= 4 is 23.9 Å². The number of rotatable bonds is 7. The number of methoxy groups -OCH3 is 2. The average molecular weight is 358 g/mol. The maximum atomic E-state index is 12.4. The minimum Gasteiger partial charge on any atom is -0.468 e. The van der Waals surface area contributed by atoms with Crippen LogP contribution in [0.15, 0.2) is 48.2 Å². The number of allylic oxidation sites excluding steroid dienone is 1. The van der Waals surface area contributed by atoms with Gasteiger partial charge in [0.2, 0.25) is 5.91 Å². The van der Waals surface area contributed by atoms with Gasteiger partial charge in [-0.2, -0.15) is 0 Å². The Balaban J connectivity index is 2.15. The van der Waals surface area contributed by atoms with Crippen LogP contribution in [-0.4, -0.2) is 55.6 Å². The molecular formula is C19H22N2O5. The lowest BCUT2D eigenvalue weighted by atomic mass is 9.93. The van der Waals surface area contributed by atoms with Gasteiger partial charge in [0.15, 0.2) is 0 Å². The molecule has 26 heavy (non-hydrogen) atoms. The van der Waals surface area contributed by atoms with Crippen LogP contribution >= 0.6 is 0 Å². The Bertz CT molecular complexity index is 727. The summed E-state index contributed by atoms with van der Waals surface area (Å²) in [4.78, 5) is 36.7. The van der Waals surface area contributed by atoms with Crippen LogP contribution in [0.3, 0.4) is 0 Å². The third-order valence-corrected chi connectivity index (χ3v) is 3.98. The number of benzene rings is 1. The molecule has 0 unspecified atom stereocenters. The maximum Gasteiger partial charge on any atom is 0.332 e. The van der Waals surface area contributed by atoms with E-state index in [1.165, 1.54) is 25.2 Å². The summed E-state index contributed by atoms with van der Waals surface area (Å²) < 4.78 is 9.23. The third kappa shape index (κ3) is 4.72. The van der Waals surface area contributed by atoms with Gasteiger partial charge in [0, 0.05) is 11.8 Å². The molecule has 1 aromatic rings. The molecular weight excluding hydrogens is 336 g/mol. The topological polar surface area (TPSA) is 84.9 Å². The highest BCUT2D eigenvalue weighted by molar-refractivity contribution is 5.94. The van der Waals surface area contributed by atoms with Crippen molar-refractivity contribution in [3.05, 3.63) is 53.7 Å². The lowest BCUT2D eigenvalue weighted by Gasteiger charge is -2.45. The van der Waals surface area contributed by atoms with Gasteiger partial charge in [-0.15, -0.1) is 0 Å². The van der Waals surface area contributed by atoms with E-state index in [-0.39, 0.29) is 18.5 Å². The molecule has 1 amide bonds. The zero-order chi connectivity index (χ0) is 19.1. The Morgan fingerprint density at radius 1 is 1.19 bits per heavy atom. The largest absolute Gasteiger partial charge is 0.468 e. The van der Waals surface area contributed by atoms with E-state index in [2.05, 4.69) is 14.8 Å². The predicted octanol–water partition coefficient (Wildman–Crippen LogP) is 1.12. The first-order chi connectivity index (χ1) is 12.5. The van der Waals surface area contributed by atoms with Crippen molar-refractivity contribution in [3.8, 4) is 0 Å². The van der Waals surface area contributed by atoms with Gasteiger partial charge in [-0.05, 0) is 12.5 Å². The molecule has 1 N–H and O–H groups in total. The number of amides is 1. The lowest BCUT2D eigenvalue weighted by Crippen LogP contribution is -2.69. The molecule has 7 heteroatoms. The number of carbonyl (C=O) groups is 3. The van der Waals surface area contributed by atoms with E-state index in [0.717, 1.165) is 5.56 Å². The Morgan fingerprint density at radius 3 is 2.50 bits per heavy atom. The molecule has 1 aromatic carbocycles. The van der Waals surface area contributed by atoms with Crippen molar-refractivity contribution < 1.29 is 23.9 Å². The first kappa shape index (κ1) is 19.2. The van der Waals surface area contributed by atoms with Crippen LogP contribution in [0.25, 0.3) is 6.08 Å². The van der Waals surface area contributed by atoms with Crippen LogP contribution in [-0.2, 0) is 23.9 Å². The Hall–Kier alpha value is -3.09. The molecule has 0 radical (unpaired) electrons. The van der Waals surface area contributed by atoms with Crippen LogP contribution in [0.2, 0.25) is 0 Å². The van der Waals surface area contributed by atoms with E-state index in [1.807, 2.05) is 42.5 Å². The van der Waals surface area contributed by atoms with Gasteiger partial charge in [0.05, 0.1) is 20.3 Å². The zero-order valence-corrected chi connectivity index (χ0v) is 15.0. The van der Waals surface area contributed by atoms with Gasteiger partial charge in [0.25, 0.3) is 0 Å². The second-order valence-corrected chi connectivity index (χ2v) is 5.78. The third-order valence-electron chi connectivity index (χ3n) is 3.98. The summed E-state index contributed by atoms with van der Waals surface area (Å²) in [6, 6.07) is 8.70. The van der Waals surface area contributed by atoms with E-state index in [9.17, 15) is 14.4 Å². The summed E-state index contributed by atoms with van der Waals surface area (Å²) in [7, 11) is 2.56. The van der Waals surface area contributed by atoms with E-state index in [4.69, 9.17) is 0 Å². The number of β-lactam (4-membered cyclic amide) rings is 1. The lowest BCUT2D eigenvalue weighted by molar-refractivity contribution is -0.157. The molecule has 2 atom stereocenters. The summed E-state index contributed by atoms with van der Waals surface area (Å²) >= 11 is 0. The minimum atomic E-state index is -0.569. The molecule has 7 nitrogen and oxygen atoms in total. The molecule has 1 aliphatic rings. The highest BCUT2D eigenvalue weighted by Crippen LogP contribution is 2.23. The Labute approximate surface area is 152 Å². The molecule has 138 valence electrons. The van der Waals surface area contributed by atoms with Gasteiger partial charge in [-0.3, -0.25) is 9.59 Å². The number of esters is 2. The number of nitrogens with one attached hydrogen (secondary N) is 1. The second-order valence-electron chi connectivity index (χ2n) is 5.78. The molecule has 0 saturated carbocycles. The average Bonchev–Trinajstić information content (AvgIpc) is 2.66. The van der Waals surface area contributed by atoms with Crippen molar-refractivity contribution in [2.45, 2.75) is 19.0 Å². The van der Waals surface area contributed by atoms with Crippen LogP contribution in [0.4, 0.5) is 0 Å². The fraction of sp³-hybridized carbons (Fsp3) is 0.316. The van der Waals surface area contributed by atoms with E-state index >= 15 is 0 Å². The smallest absolute Gasteiger partial charge is 0.332 e. The summed E-state index contributed by atoms with van der Waals surface area (Å²) in [5.74, 6) is -1.24. The molecule has 2 rings (SSSR count). The maximum absolute atomic E-state index is 12.4. The number of carbonyl (C=O) groups excluding carboxylic acids is 3. The molecule has 1 fully saturated rings. The fourth-order valence-corrected chi connectivity index (χ4v) is 2.62. The number of hydrogen-bond donors (Lipinski definition) is 1. The fourth-order valence-electron chi connectivity index (χ4n) is 2.62. The molecule has 0 spiro atoms. The highest BCUT2D eigenvalue weighted by atomic mass is 16.5. The molecule has 0 bridgehead atoms. The second kappa shape index (κ2) is 8.84. The molecule has 0 aromatic heterocycles. The first-order valence-electron chi connectivity index (χ1n) is 8.09. The van der Waals surface area contributed by atoms with Crippen molar-refractivity contribution in [3.63, 3.8) is 0 Å². The van der Waals surface area contributed by atoms with E-state index in [1.54, 1.807) is 6.92 Å². The summed E-state index contributed by atoms with van der Waals surface area (Å²) in [5, 5.41) is 3.00. The number of likely N-dealkylation sites (tertiary alicyclic amines) is 1. The Kier molecular flexibility index (Phi) is 6.54. The van der Waals surface area contributed by atoms with Crippen LogP contribution < -0.4 is 5.32 Å². The number of hydrogen-bond acceptors (Lipinski definition) is 6. The molecule has 1 saturated heterocycles. The number of ether oxygens (including phenoxy) is 2. The van der Waals surface area contributed by atoms with Crippen molar-refractivity contribution in [2.75, 3.05) is 20.8 Å². The van der Waals surface area contributed by atoms with E-state index < -0.39 is 18.0 Å². The summed E-state index contributed by atoms with van der Waals surface area (Å²) in [5.41, 5.74) is 1.48. The predicted molar refractivity (Wildman–Crippen MR) is 95.7 cm³/mol. The zero-order valence-electron chi connectivity index (χ0n) is 15.0. The first-order valence-corrected chi connectivity index (χ1v) is 8.09.